The predicted octanol–water partition coefficient (Wildman–Crippen LogP) is 1.55. The molecule has 0 aliphatic carbocycles. The first-order chi connectivity index (χ1) is 7.22. The van der Waals surface area contributed by atoms with Gasteiger partial charge in [-0.1, -0.05) is 0 Å². The van der Waals surface area contributed by atoms with Crippen LogP contribution in [0, 0.1) is 0 Å². The Bertz CT molecular complexity index is 266. The third-order valence-corrected chi connectivity index (χ3v) is 2.46. The van der Waals surface area contributed by atoms with Gasteiger partial charge in [-0.05, 0) is 52.2 Å². The van der Waals surface area contributed by atoms with E-state index in [9.17, 15) is 0 Å². The molecule has 1 aromatic rings. The average Bonchev–Trinajstić information content (AvgIpc) is 2.65. The molecule has 3 heteroatoms. The molecule has 0 saturated heterocycles. The summed E-state index contributed by atoms with van der Waals surface area (Å²) in [5.74, 6) is 0. The normalized spacial score (nSPS) is 11.2. The van der Waals surface area contributed by atoms with Gasteiger partial charge in [0.2, 0.25) is 0 Å². The Labute approximate surface area is 93.1 Å². The summed E-state index contributed by atoms with van der Waals surface area (Å²) in [5.41, 5.74) is 1.38. The highest BCUT2D eigenvalue weighted by Gasteiger charge is 1.95. The molecule has 86 valence electrons. The topological polar surface area (TPSA) is 20.2 Å². The molecule has 0 unspecified atom stereocenters. The molecule has 1 rings (SSSR count). The standard InChI is InChI=1S/C12H23N3/c1-4-15-9-6-12(11-15)10-13-7-5-8-14(2)3/h6,9,11,13H,4-5,7-8,10H2,1-3H3. The Morgan fingerprint density at radius 3 is 2.80 bits per heavy atom. The van der Waals surface area contributed by atoms with Crippen molar-refractivity contribution in [2.45, 2.75) is 26.4 Å². The van der Waals surface area contributed by atoms with Gasteiger partial charge in [0.25, 0.3) is 0 Å². The van der Waals surface area contributed by atoms with E-state index in [1.807, 2.05) is 0 Å². The van der Waals surface area contributed by atoms with Gasteiger partial charge >= 0.3 is 0 Å². The number of aryl methyl sites for hydroxylation is 1. The van der Waals surface area contributed by atoms with E-state index in [4.69, 9.17) is 0 Å². The largest absolute Gasteiger partial charge is 0.354 e. The summed E-state index contributed by atoms with van der Waals surface area (Å²) in [6.07, 6.45) is 5.55. The van der Waals surface area contributed by atoms with Crippen molar-refractivity contribution in [3.8, 4) is 0 Å². The molecule has 0 aromatic carbocycles. The summed E-state index contributed by atoms with van der Waals surface area (Å²) in [5, 5.41) is 3.45. The summed E-state index contributed by atoms with van der Waals surface area (Å²) >= 11 is 0. The SMILES string of the molecule is CCn1ccc(CNCCCN(C)C)c1. The van der Waals surface area contributed by atoms with Crippen LogP contribution in [-0.4, -0.2) is 36.7 Å². The van der Waals surface area contributed by atoms with E-state index in [2.05, 4.69) is 54.3 Å². The van der Waals surface area contributed by atoms with Gasteiger partial charge in [0.1, 0.15) is 0 Å². The Morgan fingerprint density at radius 2 is 2.20 bits per heavy atom. The van der Waals surface area contributed by atoms with Gasteiger partial charge in [0.05, 0.1) is 0 Å². The molecule has 0 bridgehead atoms. The first-order valence-electron chi connectivity index (χ1n) is 5.72. The van der Waals surface area contributed by atoms with E-state index in [1.165, 1.54) is 12.0 Å². The number of rotatable bonds is 7. The van der Waals surface area contributed by atoms with Crippen LogP contribution in [-0.2, 0) is 13.1 Å². The predicted molar refractivity (Wildman–Crippen MR) is 65.0 cm³/mol. The molecule has 1 heterocycles. The molecule has 0 saturated carbocycles. The lowest BCUT2D eigenvalue weighted by atomic mass is 10.3. The number of aromatic nitrogens is 1. The van der Waals surface area contributed by atoms with Crippen molar-refractivity contribution in [2.75, 3.05) is 27.2 Å². The molecule has 0 aliphatic heterocycles. The Morgan fingerprint density at radius 1 is 1.40 bits per heavy atom. The average molecular weight is 209 g/mol. The second kappa shape index (κ2) is 6.64. The van der Waals surface area contributed by atoms with Crippen molar-refractivity contribution in [2.24, 2.45) is 0 Å². The minimum atomic E-state index is 0.987. The highest BCUT2D eigenvalue weighted by molar-refractivity contribution is 5.09. The molecule has 3 nitrogen and oxygen atoms in total. The lowest BCUT2D eigenvalue weighted by molar-refractivity contribution is 0.394. The highest BCUT2D eigenvalue weighted by Crippen LogP contribution is 2.00. The van der Waals surface area contributed by atoms with Crippen LogP contribution in [0.3, 0.4) is 0 Å². The lowest BCUT2D eigenvalue weighted by Crippen LogP contribution is -2.20. The fourth-order valence-corrected chi connectivity index (χ4v) is 1.54. The smallest absolute Gasteiger partial charge is 0.0220 e. The van der Waals surface area contributed by atoms with Crippen LogP contribution in [0.5, 0.6) is 0 Å². The lowest BCUT2D eigenvalue weighted by Gasteiger charge is -2.09. The zero-order chi connectivity index (χ0) is 11.1. The zero-order valence-corrected chi connectivity index (χ0v) is 10.2. The summed E-state index contributed by atoms with van der Waals surface area (Å²) in [4.78, 5) is 2.22. The van der Waals surface area contributed by atoms with Gasteiger partial charge in [-0.15, -0.1) is 0 Å². The number of hydrogen-bond donors (Lipinski definition) is 1. The first kappa shape index (κ1) is 12.3. The molecular weight excluding hydrogens is 186 g/mol. The third-order valence-electron chi connectivity index (χ3n) is 2.46. The molecule has 0 atom stereocenters. The first-order valence-corrected chi connectivity index (χ1v) is 5.72. The molecule has 0 amide bonds. The van der Waals surface area contributed by atoms with E-state index in [1.54, 1.807) is 0 Å². The van der Waals surface area contributed by atoms with Crippen LogP contribution in [0.2, 0.25) is 0 Å². The maximum Gasteiger partial charge on any atom is 0.0220 e. The summed E-state index contributed by atoms with van der Waals surface area (Å²) in [6, 6.07) is 2.18. The van der Waals surface area contributed by atoms with Crippen molar-refractivity contribution >= 4 is 0 Å². The monoisotopic (exact) mass is 209 g/mol. The maximum atomic E-state index is 3.45. The summed E-state index contributed by atoms with van der Waals surface area (Å²) in [7, 11) is 4.22. The molecule has 15 heavy (non-hydrogen) atoms. The second-order valence-corrected chi connectivity index (χ2v) is 4.18. The third kappa shape index (κ3) is 5.00. The van der Waals surface area contributed by atoms with Crippen molar-refractivity contribution in [3.63, 3.8) is 0 Å². The van der Waals surface area contributed by atoms with Crippen LogP contribution in [0.15, 0.2) is 18.5 Å². The van der Waals surface area contributed by atoms with Crippen LogP contribution in [0.4, 0.5) is 0 Å². The van der Waals surface area contributed by atoms with Gasteiger partial charge in [-0.3, -0.25) is 0 Å². The fourth-order valence-electron chi connectivity index (χ4n) is 1.54. The molecule has 1 N–H and O–H groups in total. The van der Waals surface area contributed by atoms with E-state index in [0.717, 1.165) is 26.2 Å². The molecule has 0 fully saturated rings. The number of hydrogen-bond acceptors (Lipinski definition) is 2. The molecule has 0 aliphatic rings. The van der Waals surface area contributed by atoms with E-state index >= 15 is 0 Å². The van der Waals surface area contributed by atoms with E-state index in [0.29, 0.717) is 0 Å². The summed E-state index contributed by atoms with van der Waals surface area (Å²) < 4.78 is 2.21. The van der Waals surface area contributed by atoms with Gasteiger partial charge in [-0.25, -0.2) is 0 Å². The van der Waals surface area contributed by atoms with Crippen LogP contribution < -0.4 is 5.32 Å². The van der Waals surface area contributed by atoms with Crippen molar-refractivity contribution in [3.05, 3.63) is 24.0 Å². The number of nitrogens with one attached hydrogen (secondary N) is 1. The molecule has 0 radical (unpaired) electrons. The van der Waals surface area contributed by atoms with Crippen molar-refractivity contribution in [1.82, 2.24) is 14.8 Å². The fraction of sp³-hybridized carbons (Fsp3) is 0.667. The summed E-state index contributed by atoms with van der Waals surface area (Å²) in [6.45, 7) is 6.45. The van der Waals surface area contributed by atoms with E-state index < -0.39 is 0 Å². The van der Waals surface area contributed by atoms with Crippen molar-refractivity contribution < 1.29 is 0 Å². The van der Waals surface area contributed by atoms with Crippen LogP contribution in [0.25, 0.3) is 0 Å². The Balaban J connectivity index is 2.09. The maximum absolute atomic E-state index is 3.45. The van der Waals surface area contributed by atoms with Crippen LogP contribution >= 0.6 is 0 Å². The Hall–Kier alpha value is -0.800. The second-order valence-electron chi connectivity index (χ2n) is 4.18. The van der Waals surface area contributed by atoms with Gasteiger partial charge in [0.15, 0.2) is 0 Å². The number of nitrogens with zero attached hydrogens (tertiary/aromatic N) is 2. The van der Waals surface area contributed by atoms with Gasteiger partial charge in [-0.2, -0.15) is 0 Å². The Kier molecular flexibility index (Phi) is 5.43. The minimum absolute atomic E-state index is 0.987. The quantitative estimate of drug-likeness (QED) is 0.688. The van der Waals surface area contributed by atoms with Gasteiger partial charge in [0, 0.05) is 25.5 Å². The molecule has 1 aromatic heterocycles. The highest BCUT2D eigenvalue weighted by atomic mass is 15.1. The van der Waals surface area contributed by atoms with E-state index in [-0.39, 0.29) is 0 Å². The zero-order valence-electron chi connectivity index (χ0n) is 10.2. The molecule has 0 spiro atoms. The minimum Gasteiger partial charge on any atom is -0.354 e. The molecular formula is C12H23N3. The van der Waals surface area contributed by atoms with Gasteiger partial charge < -0.3 is 14.8 Å². The van der Waals surface area contributed by atoms with Crippen molar-refractivity contribution in [1.29, 1.82) is 0 Å². The van der Waals surface area contributed by atoms with Crippen LogP contribution in [0.1, 0.15) is 18.9 Å².